The van der Waals surface area contributed by atoms with Gasteiger partial charge in [-0.3, -0.25) is 9.59 Å². The molecule has 1 rings (SSSR count). The summed E-state index contributed by atoms with van der Waals surface area (Å²) in [6, 6.07) is 7.24. The molecular weight excluding hydrogens is 274 g/mol. The zero-order valence-corrected chi connectivity index (χ0v) is 12.1. The predicted molar refractivity (Wildman–Crippen MR) is 78.2 cm³/mol. The first-order valence-corrected chi connectivity index (χ1v) is 6.38. The van der Waals surface area contributed by atoms with E-state index in [-0.39, 0.29) is 12.3 Å². The highest BCUT2D eigenvalue weighted by Crippen LogP contribution is 2.14. The molecule has 0 aliphatic carbocycles. The van der Waals surface area contributed by atoms with Crippen LogP contribution < -0.4 is 15.5 Å². The third-order valence-corrected chi connectivity index (χ3v) is 2.48. The Hall–Kier alpha value is -2.41. The van der Waals surface area contributed by atoms with Crippen molar-refractivity contribution in [3.63, 3.8) is 0 Å². The molecule has 0 aromatic heterocycles. The van der Waals surface area contributed by atoms with Crippen LogP contribution >= 0.6 is 0 Å². The standard InChI is InChI=1S/C14H19N3O4/c1-20-8-7-15-13(18)9-14(19)17-16-10-11-5-3-4-6-12(11)21-2/h3-6,10H,7-9H2,1-2H3,(H,15,18)(H,17,19)/b16-10-. The summed E-state index contributed by atoms with van der Waals surface area (Å²) in [6.07, 6.45) is 1.17. The Kier molecular flexibility index (Phi) is 7.52. The van der Waals surface area contributed by atoms with Crippen molar-refractivity contribution in [1.29, 1.82) is 0 Å². The minimum absolute atomic E-state index is 0.285. The molecule has 0 aliphatic rings. The summed E-state index contributed by atoms with van der Waals surface area (Å²) in [5, 5.41) is 6.33. The molecular formula is C14H19N3O4. The number of carbonyl (C=O) groups excluding carboxylic acids is 2. The summed E-state index contributed by atoms with van der Waals surface area (Å²) in [4.78, 5) is 22.8. The lowest BCUT2D eigenvalue weighted by Crippen LogP contribution is -2.31. The third-order valence-electron chi connectivity index (χ3n) is 2.48. The number of amides is 2. The number of ether oxygens (including phenoxy) is 2. The molecule has 2 amide bonds. The molecule has 0 spiro atoms. The lowest BCUT2D eigenvalue weighted by atomic mass is 10.2. The van der Waals surface area contributed by atoms with Crippen LogP contribution in [-0.2, 0) is 14.3 Å². The van der Waals surface area contributed by atoms with Crippen LogP contribution in [0.2, 0.25) is 0 Å². The van der Waals surface area contributed by atoms with E-state index in [1.165, 1.54) is 13.3 Å². The zero-order chi connectivity index (χ0) is 15.5. The Labute approximate surface area is 123 Å². The quantitative estimate of drug-likeness (QED) is 0.312. The van der Waals surface area contributed by atoms with Gasteiger partial charge in [0.2, 0.25) is 11.8 Å². The lowest BCUT2D eigenvalue weighted by Gasteiger charge is -2.04. The first-order chi connectivity index (χ1) is 10.2. The topological polar surface area (TPSA) is 89.0 Å². The van der Waals surface area contributed by atoms with Crippen LogP contribution in [0.3, 0.4) is 0 Å². The van der Waals surface area contributed by atoms with Gasteiger partial charge in [0.1, 0.15) is 12.2 Å². The maximum atomic E-state index is 11.5. The fraction of sp³-hybridized carbons (Fsp3) is 0.357. The number of rotatable bonds is 8. The highest BCUT2D eigenvalue weighted by Gasteiger charge is 2.07. The van der Waals surface area contributed by atoms with E-state index in [9.17, 15) is 9.59 Å². The molecule has 0 aliphatic heterocycles. The van der Waals surface area contributed by atoms with Crippen molar-refractivity contribution in [2.75, 3.05) is 27.4 Å². The molecule has 21 heavy (non-hydrogen) atoms. The Morgan fingerprint density at radius 2 is 2.00 bits per heavy atom. The van der Waals surface area contributed by atoms with Crippen molar-refractivity contribution in [2.24, 2.45) is 5.10 Å². The van der Waals surface area contributed by atoms with Crippen LogP contribution in [0, 0.1) is 0 Å². The molecule has 1 aromatic rings. The average molecular weight is 293 g/mol. The summed E-state index contributed by atoms with van der Waals surface area (Å²) in [5.74, 6) is -0.221. The first kappa shape index (κ1) is 16.6. The first-order valence-electron chi connectivity index (χ1n) is 6.38. The molecule has 114 valence electrons. The number of benzene rings is 1. The second kappa shape index (κ2) is 9.49. The van der Waals surface area contributed by atoms with Crippen LogP contribution in [0.5, 0.6) is 5.75 Å². The van der Waals surface area contributed by atoms with Gasteiger partial charge in [0.25, 0.3) is 0 Å². The number of para-hydroxylation sites is 1. The molecule has 0 heterocycles. The summed E-state index contributed by atoms with van der Waals surface area (Å²) < 4.78 is 9.92. The van der Waals surface area contributed by atoms with Crippen molar-refractivity contribution < 1.29 is 19.1 Å². The normalized spacial score (nSPS) is 10.4. The highest BCUT2D eigenvalue weighted by atomic mass is 16.5. The van der Waals surface area contributed by atoms with Gasteiger partial charge in [-0.05, 0) is 12.1 Å². The largest absolute Gasteiger partial charge is 0.496 e. The van der Waals surface area contributed by atoms with Gasteiger partial charge in [0.15, 0.2) is 0 Å². The maximum Gasteiger partial charge on any atom is 0.249 e. The minimum Gasteiger partial charge on any atom is -0.496 e. The van der Waals surface area contributed by atoms with Crippen LogP contribution in [-0.4, -0.2) is 45.4 Å². The molecule has 0 saturated carbocycles. The Morgan fingerprint density at radius 3 is 2.71 bits per heavy atom. The summed E-state index contributed by atoms with van der Waals surface area (Å²) in [7, 11) is 3.08. The second-order valence-electron chi connectivity index (χ2n) is 4.05. The van der Waals surface area contributed by atoms with E-state index < -0.39 is 5.91 Å². The van der Waals surface area contributed by atoms with Crippen molar-refractivity contribution in [1.82, 2.24) is 10.7 Å². The Bertz CT molecular complexity index is 503. The third kappa shape index (κ3) is 6.53. The van der Waals surface area contributed by atoms with E-state index in [0.717, 1.165) is 5.56 Å². The summed E-state index contributed by atoms with van der Waals surface area (Å²) >= 11 is 0. The number of carbonyl (C=O) groups is 2. The minimum atomic E-state index is -0.490. The fourth-order valence-corrected chi connectivity index (χ4v) is 1.49. The van der Waals surface area contributed by atoms with Gasteiger partial charge < -0.3 is 14.8 Å². The SMILES string of the molecule is COCCNC(=O)CC(=O)N/N=C\c1ccccc1OC. The lowest BCUT2D eigenvalue weighted by molar-refractivity contribution is -0.129. The van der Waals surface area contributed by atoms with Gasteiger partial charge in [-0.25, -0.2) is 5.43 Å². The molecule has 2 N–H and O–H groups in total. The van der Waals surface area contributed by atoms with Crippen LogP contribution in [0.25, 0.3) is 0 Å². The van der Waals surface area contributed by atoms with E-state index in [0.29, 0.717) is 18.9 Å². The average Bonchev–Trinajstić information content (AvgIpc) is 2.48. The van der Waals surface area contributed by atoms with Gasteiger partial charge in [-0.2, -0.15) is 5.10 Å². The number of hydrogen-bond donors (Lipinski definition) is 2. The van der Waals surface area contributed by atoms with Crippen molar-refractivity contribution >= 4 is 18.0 Å². The monoisotopic (exact) mass is 293 g/mol. The summed E-state index contributed by atoms with van der Waals surface area (Å²) in [6.45, 7) is 0.770. The molecule has 1 aromatic carbocycles. The number of nitrogens with one attached hydrogen (secondary N) is 2. The van der Waals surface area contributed by atoms with Gasteiger partial charge >= 0.3 is 0 Å². The fourth-order valence-electron chi connectivity index (χ4n) is 1.49. The van der Waals surface area contributed by atoms with E-state index in [1.54, 1.807) is 19.2 Å². The number of nitrogens with zero attached hydrogens (tertiary/aromatic N) is 1. The second-order valence-corrected chi connectivity index (χ2v) is 4.05. The Balaban J connectivity index is 2.38. The van der Waals surface area contributed by atoms with Crippen LogP contribution in [0.15, 0.2) is 29.4 Å². The van der Waals surface area contributed by atoms with E-state index in [2.05, 4.69) is 15.8 Å². The van der Waals surface area contributed by atoms with Crippen molar-refractivity contribution in [3.8, 4) is 5.75 Å². The Morgan fingerprint density at radius 1 is 1.24 bits per heavy atom. The molecule has 0 radical (unpaired) electrons. The zero-order valence-electron chi connectivity index (χ0n) is 12.1. The molecule has 0 unspecified atom stereocenters. The van der Waals surface area contributed by atoms with Gasteiger partial charge in [-0.1, -0.05) is 12.1 Å². The molecule has 7 nitrogen and oxygen atoms in total. The molecule has 0 atom stereocenters. The van der Waals surface area contributed by atoms with Crippen molar-refractivity contribution in [3.05, 3.63) is 29.8 Å². The maximum absolute atomic E-state index is 11.5. The highest BCUT2D eigenvalue weighted by molar-refractivity contribution is 5.97. The van der Waals surface area contributed by atoms with E-state index in [4.69, 9.17) is 9.47 Å². The molecule has 0 bridgehead atoms. The van der Waals surface area contributed by atoms with Gasteiger partial charge in [0.05, 0.1) is 19.9 Å². The molecule has 7 heteroatoms. The van der Waals surface area contributed by atoms with E-state index in [1.807, 2.05) is 12.1 Å². The van der Waals surface area contributed by atoms with Gasteiger partial charge in [0, 0.05) is 19.2 Å². The van der Waals surface area contributed by atoms with E-state index >= 15 is 0 Å². The smallest absolute Gasteiger partial charge is 0.249 e. The molecule has 0 fully saturated rings. The van der Waals surface area contributed by atoms with Crippen LogP contribution in [0.4, 0.5) is 0 Å². The van der Waals surface area contributed by atoms with Crippen molar-refractivity contribution in [2.45, 2.75) is 6.42 Å². The van der Waals surface area contributed by atoms with Gasteiger partial charge in [-0.15, -0.1) is 0 Å². The number of hydrazone groups is 1. The molecule has 0 saturated heterocycles. The predicted octanol–water partition coefficient (Wildman–Crippen LogP) is 0.298. The number of methoxy groups -OCH3 is 2. The number of hydrogen-bond acceptors (Lipinski definition) is 5. The summed E-state index contributed by atoms with van der Waals surface area (Å²) in [5.41, 5.74) is 3.01. The van der Waals surface area contributed by atoms with Crippen LogP contribution in [0.1, 0.15) is 12.0 Å².